The van der Waals surface area contributed by atoms with E-state index < -0.39 is 0 Å². The first-order chi connectivity index (χ1) is 8.34. The third kappa shape index (κ3) is 3.87. The standard InChI is InChI=1S/C12H20N4O2/c1-12(2,3)16(4)10-6-9(14-8-15-10)13-7-11(17)18-5/h6,8H,7H2,1-5H3,(H,13,14,15). The monoisotopic (exact) mass is 252 g/mol. The molecule has 1 N–H and O–H groups in total. The number of carbonyl (C=O) groups is 1. The summed E-state index contributed by atoms with van der Waals surface area (Å²) in [6, 6.07) is 1.80. The van der Waals surface area contributed by atoms with Crippen LogP contribution in [0, 0.1) is 0 Å². The van der Waals surface area contributed by atoms with Gasteiger partial charge in [-0.05, 0) is 20.8 Å². The fourth-order valence-electron chi connectivity index (χ4n) is 1.21. The van der Waals surface area contributed by atoms with E-state index in [1.165, 1.54) is 13.4 Å². The molecule has 1 heterocycles. The van der Waals surface area contributed by atoms with Crippen molar-refractivity contribution < 1.29 is 9.53 Å². The molecule has 0 aliphatic carbocycles. The van der Waals surface area contributed by atoms with Gasteiger partial charge in [-0.15, -0.1) is 0 Å². The predicted octanol–water partition coefficient (Wildman–Crippen LogP) is 1.30. The minimum absolute atomic E-state index is 0.0338. The summed E-state index contributed by atoms with van der Waals surface area (Å²) in [6.07, 6.45) is 1.47. The number of esters is 1. The quantitative estimate of drug-likeness (QED) is 0.815. The Hall–Kier alpha value is -1.85. The van der Waals surface area contributed by atoms with E-state index in [0.717, 1.165) is 5.82 Å². The molecule has 0 aliphatic heterocycles. The summed E-state index contributed by atoms with van der Waals surface area (Å²) in [6.45, 7) is 6.37. The molecule has 0 aromatic carbocycles. The average molecular weight is 252 g/mol. The Bertz CT molecular complexity index is 415. The van der Waals surface area contributed by atoms with Crippen molar-refractivity contribution in [2.45, 2.75) is 26.3 Å². The van der Waals surface area contributed by atoms with Crippen LogP contribution in [0.4, 0.5) is 11.6 Å². The van der Waals surface area contributed by atoms with Crippen molar-refractivity contribution in [1.82, 2.24) is 9.97 Å². The van der Waals surface area contributed by atoms with Gasteiger partial charge in [0.25, 0.3) is 0 Å². The molecule has 0 aliphatic rings. The Morgan fingerprint density at radius 1 is 1.44 bits per heavy atom. The van der Waals surface area contributed by atoms with Crippen molar-refractivity contribution in [3.8, 4) is 0 Å². The van der Waals surface area contributed by atoms with Crippen LogP contribution < -0.4 is 10.2 Å². The first kappa shape index (κ1) is 14.2. The Labute approximate surface area is 107 Å². The van der Waals surface area contributed by atoms with E-state index in [1.54, 1.807) is 6.07 Å². The summed E-state index contributed by atoms with van der Waals surface area (Å²) in [5, 5.41) is 2.89. The lowest BCUT2D eigenvalue weighted by atomic mass is 10.1. The Balaban J connectivity index is 2.76. The highest BCUT2D eigenvalue weighted by Gasteiger charge is 2.18. The number of carbonyl (C=O) groups excluding carboxylic acids is 1. The SMILES string of the molecule is COC(=O)CNc1cc(N(C)C(C)(C)C)ncn1. The smallest absolute Gasteiger partial charge is 0.325 e. The summed E-state index contributed by atoms with van der Waals surface area (Å²) in [7, 11) is 3.31. The number of nitrogens with one attached hydrogen (secondary N) is 1. The zero-order chi connectivity index (χ0) is 13.8. The normalized spacial score (nSPS) is 10.9. The van der Waals surface area contributed by atoms with E-state index >= 15 is 0 Å². The van der Waals surface area contributed by atoms with E-state index in [-0.39, 0.29) is 18.1 Å². The van der Waals surface area contributed by atoms with Gasteiger partial charge in [0.2, 0.25) is 0 Å². The molecule has 0 bridgehead atoms. The zero-order valence-electron chi connectivity index (χ0n) is 11.5. The van der Waals surface area contributed by atoms with Gasteiger partial charge >= 0.3 is 5.97 Å². The molecule has 0 amide bonds. The maximum Gasteiger partial charge on any atom is 0.325 e. The lowest BCUT2D eigenvalue weighted by Crippen LogP contribution is -2.38. The zero-order valence-corrected chi connectivity index (χ0v) is 11.5. The number of hydrogen-bond donors (Lipinski definition) is 1. The average Bonchev–Trinajstić information content (AvgIpc) is 2.34. The summed E-state index contributed by atoms with van der Waals surface area (Å²) in [5.74, 6) is 1.06. The van der Waals surface area contributed by atoms with Crippen LogP contribution in [0.1, 0.15) is 20.8 Å². The van der Waals surface area contributed by atoms with Crippen LogP contribution in [0.3, 0.4) is 0 Å². The molecular formula is C12H20N4O2. The Morgan fingerprint density at radius 3 is 2.67 bits per heavy atom. The largest absolute Gasteiger partial charge is 0.468 e. The van der Waals surface area contributed by atoms with Gasteiger partial charge in [0.1, 0.15) is 24.5 Å². The third-order valence-electron chi connectivity index (χ3n) is 2.64. The van der Waals surface area contributed by atoms with Crippen molar-refractivity contribution in [2.24, 2.45) is 0 Å². The summed E-state index contributed by atoms with van der Waals surface area (Å²) in [5.41, 5.74) is -0.0338. The van der Waals surface area contributed by atoms with E-state index in [4.69, 9.17) is 0 Å². The minimum atomic E-state index is -0.334. The molecule has 0 spiro atoms. The summed E-state index contributed by atoms with van der Waals surface area (Å²) >= 11 is 0. The number of methoxy groups -OCH3 is 1. The first-order valence-electron chi connectivity index (χ1n) is 5.71. The third-order valence-corrected chi connectivity index (χ3v) is 2.64. The fraction of sp³-hybridized carbons (Fsp3) is 0.583. The second-order valence-electron chi connectivity index (χ2n) is 4.92. The second kappa shape index (κ2) is 5.66. The molecule has 1 rings (SSSR count). The van der Waals surface area contributed by atoms with Gasteiger partial charge in [-0.3, -0.25) is 4.79 Å². The van der Waals surface area contributed by atoms with Gasteiger partial charge in [-0.1, -0.05) is 0 Å². The van der Waals surface area contributed by atoms with Crippen molar-refractivity contribution in [3.63, 3.8) is 0 Å². The number of nitrogens with zero attached hydrogens (tertiary/aromatic N) is 3. The van der Waals surface area contributed by atoms with Crippen LogP contribution in [0.2, 0.25) is 0 Å². The Morgan fingerprint density at radius 2 is 2.11 bits per heavy atom. The molecule has 6 nitrogen and oxygen atoms in total. The van der Waals surface area contributed by atoms with Crippen LogP contribution >= 0.6 is 0 Å². The molecule has 0 atom stereocenters. The van der Waals surface area contributed by atoms with E-state index in [0.29, 0.717) is 5.82 Å². The number of hydrogen-bond acceptors (Lipinski definition) is 6. The van der Waals surface area contributed by atoms with E-state index in [1.807, 2.05) is 11.9 Å². The first-order valence-corrected chi connectivity index (χ1v) is 5.71. The van der Waals surface area contributed by atoms with Crippen LogP contribution in [-0.2, 0) is 9.53 Å². The number of aromatic nitrogens is 2. The topological polar surface area (TPSA) is 67.3 Å². The predicted molar refractivity (Wildman–Crippen MR) is 70.7 cm³/mol. The van der Waals surface area contributed by atoms with Gasteiger partial charge in [-0.25, -0.2) is 9.97 Å². The van der Waals surface area contributed by atoms with Crippen molar-refractivity contribution in [3.05, 3.63) is 12.4 Å². The van der Waals surface area contributed by atoms with E-state index in [9.17, 15) is 4.79 Å². The second-order valence-corrected chi connectivity index (χ2v) is 4.92. The molecule has 18 heavy (non-hydrogen) atoms. The highest BCUT2D eigenvalue weighted by molar-refractivity contribution is 5.74. The molecular weight excluding hydrogens is 232 g/mol. The molecule has 100 valence electrons. The molecule has 0 radical (unpaired) electrons. The molecule has 0 saturated heterocycles. The lowest BCUT2D eigenvalue weighted by molar-refractivity contribution is -0.138. The van der Waals surface area contributed by atoms with Gasteiger partial charge in [-0.2, -0.15) is 0 Å². The van der Waals surface area contributed by atoms with Gasteiger partial charge in [0.05, 0.1) is 7.11 Å². The van der Waals surface area contributed by atoms with Crippen molar-refractivity contribution in [2.75, 3.05) is 30.9 Å². The number of anilines is 2. The van der Waals surface area contributed by atoms with E-state index in [2.05, 4.69) is 40.8 Å². The maximum absolute atomic E-state index is 11.0. The number of rotatable bonds is 4. The van der Waals surface area contributed by atoms with Crippen molar-refractivity contribution in [1.29, 1.82) is 0 Å². The Kier molecular flexibility index (Phi) is 4.47. The highest BCUT2D eigenvalue weighted by Crippen LogP contribution is 2.20. The van der Waals surface area contributed by atoms with Crippen LogP contribution in [0.25, 0.3) is 0 Å². The summed E-state index contributed by atoms with van der Waals surface area (Å²) < 4.78 is 4.55. The molecule has 0 saturated carbocycles. The van der Waals surface area contributed by atoms with Crippen molar-refractivity contribution >= 4 is 17.6 Å². The number of ether oxygens (including phenoxy) is 1. The molecule has 0 fully saturated rings. The maximum atomic E-state index is 11.0. The molecule has 1 aromatic rings. The lowest BCUT2D eigenvalue weighted by Gasteiger charge is -2.33. The molecule has 1 aromatic heterocycles. The highest BCUT2D eigenvalue weighted by atomic mass is 16.5. The van der Waals surface area contributed by atoms with Gasteiger partial charge in [0, 0.05) is 18.7 Å². The van der Waals surface area contributed by atoms with Crippen LogP contribution in [-0.4, -0.2) is 42.2 Å². The van der Waals surface area contributed by atoms with Gasteiger partial charge in [0.15, 0.2) is 0 Å². The minimum Gasteiger partial charge on any atom is -0.468 e. The van der Waals surface area contributed by atoms with Crippen LogP contribution in [0.15, 0.2) is 12.4 Å². The molecule has 0 unspecified atom stereocenters. The molecule has 6 heteroatoms. The van der Waals surface area contributed by atoms with Gasteiger partial charge < -0.3 is 15.0 Å². The summed E-state index contributed by atoms with van der Waals surface area (Å²) in [4.78, 5) is 21.3. The fourth-order valence-corrected chi connectivity index (χ4v) is 1.21. The van der Waals surface area contributed by atoms with Crippen LogP contribution in [0.5, 0.6) is 0 Å².